The number of nitrogens with zero attached hydrogens (tertiary/aromatic N) is 1. The SMILES string of the molecule is O=C1C2CNCC1CN(c1cccc(Br)c1)C2. The number of halogens is 1. The van der Waals surface area contributed by atoms with Gasteiger partial charge in [-0.05, 0) is 18.2 Å². The molecule has 1 aromatic carbocycles. The van der Waals surface area contributed by atoms with E-state index in [9.17, 15) is 4.79 Å². The predicted octanol–water partition coefficient (Wildman–Crippen LogP) is 1.67. The molecule has 0 saturated carbocycles. The van der Waals surface area contributed by atoms with E-state index in [0.717, 1.165) is 30.7 Å². The van der Waals surface area contributed by atoms with Crippen LogP contribution in [0.15, 0.2) is 28.7 Å². The molecule has 2 bridgehead atoms. The topological polar surface area (TPSA) is 32.3 Å². The minimum atomic E-state index is 0.168. The van der Waals surface area contributed by atoms with Gasteiger partial charge in [0.15, 0.2) is 0 Å². The average Bonchev–Trinajstić information content (AvgIpc) is 2.28. The van der Waals surface area contributed by atoms with Gasteiger partial charge in [0.1, 0.15) is 5.78 Å². The van der Waals surface area contributed by atoms with E-state index in [1.54, 1.807) is 0 Å². The van der Waals surface area contributed by atoms with Crippen molar-refractivity contribution in [1.29, 1.82) is 0 Å². The maximum absolute atomic E-state index is 12.0. The van der Waals surface area contributed by atoms with Crippen LogP contribution in [-0.2, 0) is 4.79 Å². The van der Waals surface area contributed by atoms with Crippen LogP contribution < -0.4 is 10.2 Å². The Morgan fingerprint density at radius 3 is 2.59 bits per heavy atom. The van der Waals surface area contributed by atoms with Gasteiger partial charge in [0.05, 0.1) is 0 Å². The predicted molar refractivity (Wildman–Crippen MR) is 71.2 cm³/mol. The van der Waals surface area contributed by atoms with Crippen molar-refractivity contribution in [2.24, 2.45) is 11.8 Å². The molecule has 17 heavy (non-hydrogen) atoms. The number of hydrogen-bond donors (Lipinski definition) is 1. The van der Waals surface area contributed by atoms with Crippen LogP contribution in [0.3, 0.4) is 0 Å². The highest BCUT2D eigenvalue weighted by molar-refractivity contribution is 9.10. The van der Waals surface area contributed by atoms with Gasteiger partial charge < -0.3 is 10.2 Å². The Labute approximate surface area is 109 Å². The van der Waals surface area contributed by atoms with Gasteiger partial charge in [-0.1, -0.05) is 22.0 Å². The molecule has 0 aliphatic carbocycles. The summed E-state index contributed by atoms with van der Waals surface area (Å²) in [5, 5.41) is 3.34. The Morgan fingerprint density at radius 1 is 1.24 bits per heavy atom. The van der Waals surface area contributed by atoms with E-state index in [1.807, 2.05) is 12.1 Å². The van der Waals surface area contributed by atoms with Gasteiger partial charge in [-0.2, -0.15) is 0 Å². The van der Waals surface area contributed by atoms with Gasteiger partial charge in [0.25, 0.3) is 0 Å². The second-order valence-electron chi connectivity index (χ2n) is 4.84. The molecule has 2 saturated heterocycles. The highest BCUT2D eigenvalue weighted by Gasteiger charge is 2.37. The van der Waals surface area contributed by atoms with E-state index in [0.29, 0.717) is 5.78 Å². The summed E-state index contributed by atoms with van der Waals surface area (Å²) in [5.41, 5.74) is 1.21. The smallest absolute Gasteiger partial charge is 0.145 e. The van der Waals surface area contributed by atoms with Crippen LogP contribution in [0, 0.1) is 11.8 Å². The van der Waals surface area contributed by atoms with Crippen LogP contribution in [0.5, 0.6) is 0 Å². The zero-order valence-corrected chi connectivity index (χ0v) is 11.1. The van der Waals surface area contributed by atoms with Crippen molar-refractivity contribution in [1.82, 2.24) is 5.32 Å². The number of rotatable bonds is 1. The Bertz CT molecular complexity index is 433. The Balaban J connectivity index is 1.84. The largest absolute Gasteiger partial charge is 0.370 e. The van der Waals surface area contributed by atoms with Crippen molar-refractivity contribution < 1.29 is 4.79 Å². The number of carbonyl (C=O) groups is 1. The molecular formula is C13H15BrN2O. The minimum absolute atomic E-state index is 0.168. The van der Waals surface area contributed by atoms with Crippen molar-refractivity contribution in [3.05, 3.63) is 28.7 Å². The zero-order chi connectivity index (χ0) is 11.8. The summed E-state index contributed by atoms with van der Waals surface area (Å²) in [6.45, 7) is 3.36. The highest BCUT2D eigenvalue weighted by atomic mass is 79.9. The third-order valence-electron chi connectivity index (χ3n) is 3.64. The fourth-order valence-electron chi connectivity index (χ4n) is 2.77. The van der Waals surface area contributed by atoms with Crippen LogP contribution in [0.4, 0.5) is 5.69 Å². The van der Waals surface area contributed by atoms with Crippen molar-refractivity contribution in [3.63, 3.8) is 0 Å². The Morgan fingerprint density at radius 2 is 1.94 bits per heavy atom. The summed E-state index contributed by atoms with van der Waals surface area (Å²) >= 11 is 3.50. The molecule has 2 fully saturated rings. The highest BCUT2D eigenvalue weighted by Crippen LogP contribution is 2.27. The summed E-state index contributed by atoms with van der Waals surface area (Å²) < 4.78 is 1.09. The molecule has 4 heteroatoms. The van der Waals surface area contributed by atoms with Crippen LogP contribution in [0.25, 0.3) is 0 Å². The first-order chi connectivity index (χ1) is 8.24. The standard InChI is InChI=1S/C13H15BrN2O/c14-11-2-1-3-12(4-11)16-7-9-5-15-6-10(8-16)13(9)17/h1-4,9-10,15H,5-8H2. The lowest BCUT2D eigenvalue weighted by molar-refractivity contribution is -0.129. The van der Waals surface area contributed by atoms with Gasteiger partial charge in [0.2, 0.25) is 0 Å². The van der Waals surface area contributed by atoms with Crippen LogP contribution in [0.2, 0.25) is 0 Å². The number of ketones is 1. The maximum atomic E-state index is 12.0. The molecule has 0 amide bonds. The molecule has 3 rings (SSSR count). The van der Waals surface area contributed by atoms with E-state index >= 15 is 0 Å². The lowest BCUT2D eigenvalue weighted by Crippen LogP contribution is -2.57. The van der Waals surface area contributed by atoms with Crippen molar-refractivity contribution in [2.75, 3.05) is 31.1 Å². The quantitative estimate of drug-likeness (QED) is 0.855. The molecule has 2 aliphatic rings. The van der Waals surface area contributed by atoms with E-state index in [1.165, 1.54) is 5.69 Å². The number of Topliss-reactive ketones (excluding diaryl/α,β-unsaturated/α-hetero) is 1. The summed E-state index contributed by atoms with van der Waals surface area (Å²) in [6, 6.07) is 8.31. The van der Waals surface area contributed by atoms with Gasteiger partial charge >= 0.3 is 0 Å². The third kappa shape index (κ3) is 2.11. The molecular weight excluding hydrogens is 280 g/mol. The summed E-state index contributed by atoms with van der Waals surface area (Å²) in [6.07, 6.45) is 0. The molecule has 0 spiro atoms. The summed E-state index contributed by atoms with van der Waals surface area (Å²) in [4.78, 5) is 14.3. The number of piperidine rings is 2. The summed E-state index contributed by atoms with van der Waals surface area (Å²) in [5.74, 6) is 0.790. The van der Waals surface area contributed by atoms with Gasteiger partial charge in [-0.3, -0.25) is 4.79 Å². The zero-order valence-electron chi connectivity index (χ0n) is 9.53. The lowest BCUT2D eigenvalue weighted by atomic mass is 9.84. The fourth-order valence-corrected chi connectivity index (χ4v) is 3.15. The number of hydrogen-bond acceptors (Lipinski definition) is 3. The van der Waals surface area contributed by atoms with Crippen LogP contribution in [-0.4, -0.2) is 32.0 Å². The normalized spacial score (nSPS) is 28.3. The van der Waals surface area contributed by atoms with E-state index in [-0.39, 0.29) is 11.8 Å². The van der Waals surface area contributed by atoms with Crippen LogP contribution in [0.1, 0.15) is 0 Å². The van der Waals surface area contributed by atoms with E-state index in [4.69, 9.17) is 0 Å². The molecule has 1 aromatic rings. The first kappa shape index (κ1) is 11.2. The van der Waals surface area contributed by atoms with Gasteiger partial charge in [-0.25, -0.2) is 0 Å². The lowest BCUT2D eigenvalue weighted by Gasteiger charge is -2.41. The second kappa shape index (κ2) is 4.42. The molecule has 3 nitrogen and oxygen atoms in total. The molecule has 90 valence electrons. The van der Waals surface area contributed by atoms with E-state index < -0.39 is 0 Å². The third-order valence-corrected chi connectivity index (χ3v) is 4.13. The minimum Gasteiger partial charge on any atom is -0.370 e. The first-order valence-corrected chi connectivity index (χ1v) is 6.78. The first-order valence-electron chi connectivity index (χ1n) is 5.99. The number of fused-ring (bicyclic) bond motifs is 2. The Hall–Kier alpha value is -0.870. The molecule has 0 aromatic heterocycles. The molecule has 0 radical (unpaired) electrons. The number of anilines is 1. The number of benzene rings is 1. The molecule has 2 unspecified atom stereocenters. The van der Waals surface area contributed by atoms with Crippen molar-refractivity contribution in [2.45, 2.75) is 0 Å². The summed E-state index contributed by atoms with van der Waals surface area (Å²) in [7, 11) is 0. The molecule has 2 heterocycles. The fraction of sp³-hybridized carbons (Fsp3) is 0.462. The molecule has 2 aliphatic heterocycles. The molecule has 1 N–H and O–H groups in total. The maximum Gasteiger partial charge on any atom is 0.145 e. The van der Waals surface area contributed by atoms with Gasteiger partial charge in [0, 0.05) is 48.2 Å². The monoisotopic (exact) mass is 294 g/mol. The van der Waals surface area contributed by atoms with Gasteiger partial charge in [-0.15, -0.1) is 0 Å². The van der Waals surface area contributed by atoms with E-state index in [2.05, 4.69) is 38.3 Å². The number of nitrogens with one attached hydrogen (secondary N) is 1. The number of carbonyl (C=O) groups excluding carboxylic acids is 1. The Kier molecular flexibility index (Phi) is 2.92. The van der Waals surface area contributed by atoms with Crippen molar-refractivity contribution in [3.8, 4) is 0 Å². The van der Waals surface area contributed by atoms with Crippen LogP contribution >= 0.6 is 15.9 Å². The second-order valence-corrected chi connectivity index (χ2v) is 5.75. The average molecular weight is 295 g/mol. The van der Waals surface area contributed by atoms with Crippen molar-refractivity contribution >= 4 is 27.4 Å². The molecule has 2 atom stereocenters.